The Kier molecular flexibility index (Phi) is 9.08. The molecule has 1 amide bonds. The maximum atomic E-state index is 12.8. The van der Waals surface area contributed by atoms with Gasteiger partial charge in [-0.25, -0.2) is 4.79 Å². The molecule has 0 radical (unpaired) electrons. The summed E-state index contributed by atoms with van der Waals surface area (Å²) in [5.41, 5.74) is 3.70. The van der Waals surface area contributed by atoms with Crippen molar-refractivity contribution in [3.63, 3.8) is 0 Å². The van der Waals surface area contributed by atoms with Gasteiger partial charge in [-0.3, -0.25) is 4.99 Å². The lowest BCUT2D eigenvalue weighted by Crippen LogP contribution is -2.41. The third-order valence-corrected chi connectivity index (χ3v) is 6.04. The molecular weight excluding hydrogens is 464 g/mol. The van der Waals surface area contributed by atoms with Gasteiger partial charge in [-0.05, 0) is 91.4 Å². The fourth-order valence-electron chi connectivity index (χ4n) is 4.57. The molecule has 2 rings (SSSR count). The van der Waals surface area contributed by atoms with Crippen molar-refractivity contribution in [2.24, 2.45) is 10.4 Å². The zero-order valence-electron chi connectivity index (χ0n) is 20.1. The molecule has 0 spiro atoms. The molecule has 1 aromatic rings. The number of fused-ring (bicyclic) bond motifs is 1. The van der Waals surface area contributed by atoms with E-state index in [0.29, 0.717) is 0 Å². The van der Waals surface area contributed by atoms with Crippen LogP contribution in [0.5, 0.6) is 0 Å². The molecule has 0 bridgehead atoms. The number of carbonyl (C=O) groups is 1. The van der Waals surface area contributed by atoms with E-state index in [4.69, 9.17) is 4.74 Å². The van der Waals surface area contributed by atoms with Gasteiger partial charge in [0.05, 0.1) is 11.7 Å². The first kappa shape index (κ1) is 26.1. The monoisotopic (exact) mass is 500 g/mol. The highest BCUT2D eigenvalue weighted by Crippen LogP contribution is 2.52. The number of alkyl carbamates (subject to hydrolysis) is 1. The van der Waals surface area contributed by atoms with Gasteiger partial charge in [0.15, 0.2) is 0 Å². The van der Waals surface area contributed by atoms with Gasteiger partial charge in [-0.2, -0.15) is 0 Å². The van der Waals surface area contributed by atoms with Crippen LogP contribution < -0.4 is 5.32 Å². The summed E-state index contributed by atoms with van der Waals surface area (Å²) >= 11 is 3.32. The van der Waals surface area contributed by atoms with Crippen LogP contribution in [0.2, 0.25) is 0 Å². The fraction of sp³-hybridized carbons (Fsp3) is 0.481. The summed E-state index contributed by atoms with van der Waals surface area (Å²) in [7, 11) is 0. The molecule has 174 valence electrons. The lowest BCUT2D eigenvalue weighted by atomic mass is 9.72. The molecular formula is C27H37BrN2O2. The first-order valence-corrected chi connectivity index (χ1v) is 12.1. The minimum atomic E-state index is -0.540. The summed E-state index contributed by atoms with van der Waals surface area (Å²) in [5.74, 6) is 0. The van der Waals surface area contributed by atoms with E-state index in [1.165, 1.54) is 11.1 Å². The van der Waals surface area contributed by atoms with Crippen molar-refractivity contribution >= 4 is 28.2 Å². The van der Waals surface area contributed by atoms with Crippen molar-refractivity contribution in [2.75, 3.05) is 0 Å². The zero-order chi connectivity index (χ0) is 23.9. The smallest absolute Gasteiger partial charge is 0.408 e. The van der Waals surface area contributed by atoms with Crippen LogP contribution in [0.15, 0.2) is 64.2 Å². The normalized spacial score (nSPS) is 20.8. The SMILES string of the molecule is C=C(Br)C=N/C(=C\C)C(=C)CCC1(CCC)Cc2ccccc2[C@H]1NC(=O)OC(C)(C)C. The Morgan fingerprint density at radius 3 is 2.59 bits per heavy atom. The van der Waals surface area contributed by atoms with Crippen LogP contribution in [0.4, 0.5) is 4.79 Å². The number of nitrogens with one attached hydrogen (secondary N) is 1. The summed E-state index contributed by atoms with van der Waals surface area (Å²) in [6.07, 6.45) is 7.96. The lowest BCUT2D eigenvalue weighted by Gasteiger charge is -2.37. The van der Waals surface area contributed by atoms with Crippen molar-refractivity contribution in [3.8, 4) is 0 Å². The van der Waals surface area contributed by atoms with Crippen LogP contribution in [-0.4, -0.2) is 17.9 Å². The van der Waals surface area contributed by atoms with Gasteiger partial charge in [-0.15, -0.1) is 0 Å². The van der Waals surface area contributed by atoms with E-state index in [0.717, 1.165) is 47.9 Å². The minimum absolute atomic E-state index is 0.0961. The quantitative estimate of drug-likeness (QED) is 0.277. The zero-order valence-corrected chi connectivity index (χ0v) is 21.7. The van der Waals surface area contributed by atoms with E-state index in [9.17, 15) is 4.79 Å². The van der Waals surface area contributed by atoms with Crippen LogP contribution in [-0.2, 0) is 11.2 Å². The summed E-state index contributed by atoms with van der Waals surface area (Å²) in [6.45, 7) is 17.9. The Balaban J connectivity index is 2.30. The van der Waals surface area contributed by atoms with E-state index < -0.39 is 5.60 Å². The summed E-state index contributed by atoms with van der Waals surface area (Å²) in [4.78, 5) is 17.3. The van der Waals surface area contributed by atoms with E-state index in [2.05, 4.69) is 64.5 Å². The molecule has 1 aromatic carbocycles. The highest BCUT2D eigenvalue weighted by molar-refractivity contribution is 9.12. The second-order valence-corrected chi connectivity index (χ2v) is 10.6. The first-order chi connectivity index (χ1) is 15.0. The van der Waals surface area contributed by atoms with E-state index >= 15 is 0 Å². The summed E-state index contributed by atoms with van der Waals surface area (Å²) in [6, 6.07) is 8.33. The van der Waals surface area contributed by atoms with Crippen molar-refractivity contribution < 1.29 is 9.53 Å². The number of aliphatic imine (C=N–C) groups is 1. The number of hydrogen-bond donors (Lipinski definition) is 1. The number of nitrogens with zero attached hydrogens (tertiary/aromatic N) is 1. The molecule has 1 aliphatic rings. The second-order valence-electron chi connectivity index (χ2n) is 9.55. The van der Waals surface area contributed by atoms with Gasteiger partial charge < -0.3 is 10.1 Å². The van der Waals surface area contributed by atoms with Gasteiger partial charge >= 0.3 is 6.09 Å². The standard InChI is InChI=1S/C27H37BrN2O2/c1-8-15-27(16-14-19(3)23(9-2)29-18-20(4)28)17-21-12-10-11-13-22(21)24(27)30-25(31)32-26(5,6)7/h9-13,18,24H,3-4,8,14-17H2,1-2,5-7H3,(H,30,31)/b23-9-,29-18?/t24-,27?/m1/s1. The van der Waals surface area contributed by atoms with Gasteiger partial charge in [-0.1, -0.05) is 56.8 Å². The molecule has 2 atom stereocenters. The number of allylic oxidation sites excluding steroid dienone is 3. The third-order valence-electron chi connectivity index (χ3n) is 5.83. The van der Waals surface area contributed by atoms with Crippen molar-refractivity contribution in [1.82, 2.24) is 5.32 Å². The summed E-state index contributed by atoms with van der Waals surface area (Å²) in [5, 5.41) is 3.22. The van der Waals surface area contributed by atoms with Crippen LogP contribution in [0.1, 0.15) is 77.5 Å². The summed E-state index contributed by atoms with van der Waals surface area (Å²) < 4.78 is 6.34. The Bertz CT molecular complexity index is 910. The topological polar surface area (TPSA) is 50.7 Å². The van der Waals surface area contributed by atoms with Crippen LogP contribution in [0, 0.1) is 5.41 Å². The van der Waals surface area contributed by atoms with Gasteiger partial charge in [0.2, 0.25) is 0 Å². The molecule has 1 aliphatic carbocycles. The predicted molar refractivity (Wildman–Crippen MR) is 138 cm³/mol. The number of rotatable bonds is 9. The van der Waals surface area contributed by atoms with Crippen LogP contribution >= 0.6 is 15.9 Å². The van der Waals surface area contributed by atoms with Crippen LogP contribution in [0.3, 0.4) is 0 Å². The van der Waals surface area contributed by atoms with Crippen molar-refractivity contribution in [2.45, 2.75) is 78.4 Å². The highest BCUT2D eigenvalue weighted by Gasteiger charge is 2.46. The Hall–Kier alpha value is -2.14. The second kappa shape index (κ2) is 11.1. The molecule has 32 heavy (non-hydrogen) atoms. The maximum Gasteiger partial charge on any atom is 0.408 e. The Morgan fingerprint density at radius 1 is 1.31 bits per heavy atom. The molecule has 1 N–H and O–H groups in total. The molecule has 0 aliphatic heterocycles. The Labute approximate surface area is 202 Å². The predicted octanol–water partition coefficient (Wildman–Crippen LogP) is 7.81. The number of hydrogen-bond acceptors (Lipinski definition) is 3. The van der Waals surface area contributed by atoms with Gasteiger partial charge in [0.1, 0.15) is 5.60 Å². The van der Waals surface area contributed by atoms with Crippen molar-refractivity contribution in [3.05, 3.63) is 70.4 Å². The van der Waals surface area contributed by atoms with Crippen molar-refractivity contribution in [1.29, 1.82) is 0 Å². The number of benzene rings is 1. The molecule has 0 aromatic heterocycles. The number of ether oxygens (including phenoxy) is 1. The molecule has 1 unspecified atom stereocenters. The lowest BCUT2D eigenvalue weighted by molar-refractivity contribution is 0.0434. The van der Waals surface area contributed by atoms with Crippen LogP contribution in [0.25, 0.3) is 0 Å². The molecule has 5 heteroatoms. The number of carbonyl (C=O) groups excluding carboxylic acids is 1. The van der Waals surface area contributed by atoms with E-state index in [-0.39, 0.29) is 17.6 Å². The largest absolute Gasteiger partial charge is 0.444 e. The molecule has 0 heterocycles. The fourth-order valence-corrected chi connectivity index (χ4v) is 4.67. The number of amides is 1. The number of halogens is 1. The third kappa shape index (κ3) is 6.93. The average molecular weight is 502 g/mol. The van der Waals surface area contributed by atoms with E-state index in [1.54, 1.807) is 6.21 Å². The van der Waals surface area contributed by atoms with Gasteiger partial charge in [0.25, 0.3) is 0 Å². The minimum Gasteiger partial charge on any atom is -0.444 e. The molecule has 0 saturated heterocycles. The Morgan fingerprint density at radius 2 is 2.00 bits per heavy atom. The highest BCUT2D eigenvalue weighted by atomic mass is 79.9. The average Bonchev–Trinajstić information content (AvgIpc) is 2.99. The molecule has 4 nitrogen and oxygen atoms in total. The van der Waals surface area contributed by atoms with Gasteiger partial charge in [0, 0.05) is 10.7 Å². The maximum absolute atomic E-state index is 12.8. The first-order valence-electron chi connectivity index (χ1n) is 11.3. The van der Waals surface area contributed by atoms with E-state index in [1.807, 2.05) is 39.8 Å². The molecule has 0 fully saturated rings. The molecule has 0 saturated carbocycles.